The largest absolute Gasteiger partial charge is 0.416 e. The molecule has 0 N–H and O–H groups in total. The van der Waals surface area contributed by atoms with E-state index < -0.39 is 11.7 Å². The molecule has 2 aromatic carbocycles. The van der Waals surface area contributed by atoms with Gasteiger partial charge >= 0.3 is 6.18 Å². The van der Waals surface area contributed by atoms with Gasteiger partial charge in [-0.2, -0.15) is 13.2 Å². The van der Waals surface area contributed by atoms with Gasteiger partial charge in [0.1, 0.15) is 0 Å². The molecule has 2 aliphatic rings. The van der Waals surface area contributed by atoms with E-state index in [1.54, 1.807) is 23.9 Å². The van der Waals surface area contributed by atoms with E-state index in [9.17, 15) is 13.2 Å². The highest BCUT2D eigenvalue weighted by Crippen LogP contribution is 2.36. The lowest BCUT2D eigenvalue weighted by Gasteiger charge is -2.35. The second-order valence-electron chi connectivity index (χ2n) is 7.48. The molecule has 29 heavy (non-hydrogen) atoms. The summed E-state index contributed by atoms with van der Waals surface area (Å²) in [6, 6.07) is 13.9. The maximum Gasteiger partial charge on any atom is 0.416 e. The Kier molecular flexibility index (Phi) is 5.79. The SMILES string of the molecule is CN1CCN(c2ccccc2/C=C2\CN(c3ccc(C(F)(F)F)cc3)CS2)CC1. The van der Waals surface area contributed by atoms with E-state index in [1.807, 2.05) is 0 Å². The molecule has 2 fully saturated rings. The standard InChI is InChI=1S/C22H24F3N3S/c1-26-10-12-27(13-11-26)21-5-3-2-4-17(21)14-20-15-28(16-29-20)19-8-6-18(7-9-19)22(23,24)25/h2-9,14H,10-13,15-16H2,1H3/b20-14+. The van der Waals surface area contributed by atoms with E-state index in [0.29, 0.717) is 6.54 Å². The number of nitrogens with zero attached hydrogens (tertiary/aromatic N) is 3. The molecule has 2 aliphatic heterocycles. The van der Waals surface area contributed by atoms with Gasteiger partial charge in [0.15, 0.2) is 0 Å². The molecule has 2 aromatic rings. The average Bonchev–Trinajstić information content (AvgIpc) is 3.17. The Hall–Kier alpha value is -2.12. The lowest BCUT2D eigenvalue weighted by atomic mass is 10.1. The fraction of sp³-hybridized carbons (Fsp3) is 0.364. The lowest BCUT2D eigenvalue weighted by Crippen LogP contribution is -2.44. The van der Waals surface area contributed by atoms with Crippen LogP contribution in [0.5, 0.6) is 0 Å². The summed E-state index contributed by atoms with van der Waals surface area (Å²) >= 11 is 1.74. The lowest BCUT2D eigenvalue weighted by molar-refractivity contribution is -0.137. The molecule has 0 atom stereocenters. The summed E-state index contributed by atoms with van der Waals surface area (Å²) in [6.45, 7) is 4.86. The zero-order chi connectivity index (χ0) is 20.4. The maximum absolute atomic E-state index is 12.8. The van der Waals surface area contributed by atoms with Crippen molar-refractivity contribution in [2.24, 2.45) is 0 Å². The minimum atomic E-state index is -4.30. The van der Waals surface area contributed by atoms with E-state index >= 15 is 0 Å². The number of alkyl halides is 3. The molecule has 0 aliphatic carbocycles. The van der Waals surface area contributed by atoms with E-state index in [1.165, 1.54) is 16.2 Å². The number of anilines is 2. The topological polar surface area (TPSA) is 9.72 Å². The number of halogens is 3. The Labute approximate surface area is 173 Å². The fourth-order valence-electron chi connectivity index (χ4n) is 3.67. The Balaban J connectivity index is 1.48. The van der Waals surface area contributed by atoms with Gasteiger partial charge in [0, 0.05) is 49.0 Å². The first kappa shape index (κ1) is 20.2. The smallest absolute Gasteiger partial charge is 0.368 e. The van der Waals surface area contributed by atoms with Crippen LogP contribution >= 0.6 is 11.8 Å². The number of thioether (sulfide) groups is 1. The minimum Gasteiger partial charge on any atom is -0.368 e. The number of piperazine rings is 1. The predicted molar refractivity (Wildman–Crippen MR) is 115 cm³/mol. The van der Waals surface area contributed by atoms with Crippen LogP contribution < -0.4 is 9.80 Å². The fourth-order valence-corrected chi connectivity index (χ4v) is 4.69. The molecule has 3 nitrogen and oxygen atoms in total. The molecular weight excluding hydrogens is 395 g/mol. The number of hydrogen-bond donors (Lipinski definition) is 0. The highest BCUT2D eigenvalue weighted by atomic mass is 32.2. The second-order valence-corrected chi connectivity index (χ2v) is 8.55. The van der Waals surface area contributed by atoms with Gasteiger partial charge in [0.2, 0.25) is 0 Å². The van der Waals surface area contributed by atoms with E-state index in [4.69, 9.17) is 0 Å². The zero-order valence-corrected chi connectivity index (χ0v) is 17.1. The van der Waals surface area contributed by atoms with E-state index in [2.05, 4.69) is 52.1 Å². The van der Waals surface area contributed by atoms with Gasteiger partial charge in [-0.25, -0.2) is 0 Å². The van der Waals surface area contributed by atoms with Crippen molar-refractivity contribution >= 4 is 29.2 Å². The molecule has 0 aromatic heterocycles. The Morgan fingerprint density at radius 1 is 0.897 bits per heavy atom. The van der Waals surface area contributed by atoms with Crippen molar-refractivity contribution in [3.8, 4) is 0 Å². The van der Waals surface area contributed by atoms with E-state index in [-0.39, 0.29) is 0 Å². The van der Waals surface area contributed by atoms with Crippen LogP contribution in [0.2, 0.25) is 0 Å². The zero-order valence-electron chi connectivity index (χ0n) is 16.3. The third-order valence-electron chi connectivity index (χ3n) is 5.41. The molecule has 7 heteroatoms. The summed E-state index contributed by atoms with van der Waals surface area (Å²) in [5.41, 5.74) is 2.67. The molecular formula is C22H24F3N3S. The third-order valence-corrected chi connectivity index (χ3v) is 6.47. The maximum atomic E-state index is 12.8. The Morgan fingerprint density at radius 3 is 2.28 bits per heavy atom. The first-order valence-corrected chi connectivity index (χ1v) is 10.7. The van der Waals surface area contributed by atoms with Crippen molar-refractivity contribution in [3.05, 3.63) is 64.6 Å². The summed E-state index contributed by atoms with van der Waals surface area (Å²) in [4.78, 5) is 8.10. The number of para-hydroxylation sites is 1. The van der Waals surface area contributed by atoms with Crippen LogP contribution in [0.1, 0.15) is 11.1 Å². The molecule has 0 bridgehead atoms. The Morgan fingerprint density at radius 2 is 1.59 bits per heavy atom. The van der Waals surface area contributed by atoms with Crippen LogP contribution in [0.25, 0.3) is 6.08 Å². The van der Waals surface area contributed by atoms with Crippen LogP contribution in [-0.2, 0) is 6.18 Å². The molecule has 0 radical (unpaired) electrons. The average molecular weight is 420 g/mol. The first-order chi connectivity index (χ1) is 13.9. The number of benzene rings is 2. The van der Waals surface area contributed by atoms with Crippen molar-refractivity contribution in [1.82, 2.24) is 4.90 Å². The third kappa shape index (κ3) is 4.73. The summed E-state index contributed by atoms with van der Waals surface area (Å²) < 4.78 is 38.3. The molecule has 4 rings (SSSR count). The summed E-state index contributed by atoms with van der Waals surface area (Å²) in [5, 5.41) is 0. The second kappa shape index (κ2) is 8.32. The van der Waals surface area contributed by atoms with Gasteiger partial charge in [-0.15, -0.1) is 11.8 Å². The monoisotopic (exact) mass is 419 g/mol. The van der Waals surface area contributed by atoms with Crippen molar-refractivity contribution in [2.75, 3.05) is 55.4 Å². The normalized spacial score (nSPS) is 19.9. The van der Waals surface area contributed by atoms with Gasteiger partial charge < -0.3 is 14.7 Å². The molecule has 0 spiro atoms. The molecule has 2 saturated heterocycles. The molecule has 2 heterocycles. The summed E-state index contributed by atoms with van der Waals surface area (Å²) in [7, 11) is 2.15. The molecule has 0 amide bonds. The van der Waals surface area contributed by atoms with Crippen molar-refractivity contribution in [2.45, 2.75) is 6.18 Å². The van der Waals surface area contributed by atoms with Gasteiger partial charge in [-0.1, -0.05) is 18.2 Å². The number of hydrogen-bond acceptors (Lipinski definition) is 4. The number of likely N-dealkylation sites (N-methyl/N-ethyl adjacent to an activating group) is 1. The van der Waals surface area contributed by atoms with Crippen LogP contribution in [0.3, 0.4) is 0 Å². The molecule has 0 unspecified atom stereocenters. The summed E-state index contributed by atoms with van der Waals surface area (Å²) in [6.07, 6.45) is -2.07. The van der Waals surface area contributed by atoms with Crippen molar-refractivity contribution < 1.29 is 13.2 Å². The molecule has 0 saturated carbocycles. The van der Waals surface area contributed by atoms with Crippen LogP contribution in [0.15, 0.2) is 53.4 Å². The highest BCUT2D eigenvalue weighted by molar-refractivity contribution is 8.03. The van der Waals surface area contributed by atoms with Gasteiger partial charge in [-0.05, 0) is 49.0 Å². The van der Waals surface area contributed by atoms with Gasteiger partial charge in [0.25, 0.3) is 0 Å². The summed E-state index contributed by atoms with van der Waals surface area (Å²) in [5.74, 6) is 0.744. The highest BCUT2D eigenvalue weighted by Gasteiger charge is 2.30. The quantitative estimate of drug-likeness (QED) is 0.692. The van der Waals surface area contributed by atoms with Gasteiger partial charge in [-0.3, -0.25) is 0 Å². The van der Waals surface area contributed by atoms with Crippen LogP contribution in [0, 0.1) is 0 Å². The Bertz CT molecular complexity index is 872. The van der Waals surface area contributed by atoms with Crippen LogP contribution in [-0.4, -0.2) is 50.5 Å². The minimum absolute atomic E-state index is 0.607. The van der Waals surface area contributed by atoms with Crippen LogP contribution in [0.4, 0.5) is 24.5 Å². The first-order valence-electron chi connectivity index (χ1n) is 9.68. The predicted octanol–water partition coefficient (Wildman–Crippen LogP) is 5.01. The van der Waals surface area contributed by atoms with Crippen molar-refractivity contribution in [3.63, 3.8) is 0 Å². The van der Waals surface area contributed by atoms with Crippen molar-refractivity contribution in [1.29, 1.82) is 0 Å². The number of rotatable bonds is 3. The van der Waals surface area contributed by atoms with E-state index in [0.717, 1.165) is 49.9 Å². The molecule has 154 valence electrons. The van der Waals surface area contributed by atoms with Gasteiger partial charge in [0.05, 0.1) is 11.4 Å².